The maximum absolute atomic E-state index is 5.87. The molecular formula is C13H24N4O. The van der Waals surface area contributed by atoms with Gasteiger partial charge in [-0.05, 0) is 32.4 Å². The smallest absolute Gasteiger partial charge is 0.230 e. The molecule has 2 N–H and O–H groups in total. The minimum Gasteiger partial charge on any atom is -0.424 e. The van der Waals surface area contributed by atoms with Gasteiger partial charge in [-0.1, -0.05) is 19.8 Å². The number of aromatic nitrogens is 2. The Labute approximate surface area is 109 Å². The van der Waals surface area contributed by atoms with Crippen molar-refractivity contribution in [1.82, 2.24) is 15.1 Å². The van der Waals surface area contributed by atoms with E-state index < -0.39 is 0 Å². The molecule has 2 rings (SSSR count). The van der Waals surface area contributed by atoms with Gasteiger partial charge in [0.25, 0.3) is 0 Å². The van der Waals surface area contributed by atoms with Gasteiger partial charge in [0.15, 0.2) is 0 Å². The van der Waals surface area contributed by atoms with E-state index in [-0.39, 0.29) is 0 Å². The Kier molecular flexibility index (Phi) is 4.72. The van der Waals surface area contributed by atoms with E-state index in [1.807, 2.05) is 6.92 Å². The van der Waals surface area contributed by atoms with Crippen LogP contribution in [0.4, 0.5) is 0 Å². The van der Waals surface area contributed by atoms with E-state index in [9.17, 15) is 0 Å². The molecule has 0 saturated heterocycles. The molecule has 1 aliphatic rings. The van der Waals surface area contributed by atoms with Gasteiger partial charge >= 0.3 is 0 Å². The second kappa shape index (κ2) is 6.29. The van der Waals surface area contributed by atoms with E-state index in [1.54, 1.807) is 0 Å². The van der Waals surface area contributed by atoms with Crippen molar-refractivity contribution in [3.8, 4) is 0 Å². The molecule has 0 aromatic carbocycles. The van der Waals surface area contributed by atoms with Gasteiger partial charge < -0.3 is 10.2 Å². The molecule has 1 aliphatic carbocycles. The summed E-state index contributed by atoms with van der Waals surface area (Å²) in [4.78, 5) is 2.32. The molecule has 18 heavy (non-hydrogen) atoms. The van der Waals surface area contributed by atoms with Crippen molar-refractivity contribution in [2.45, 2.75) is 51.6 Å². The van der Waals surface area contributed by atoms with E-state index in [2.05, 4.69) is 22.1 Å². The summed E-state index contributed by atoms with van der Waals surface area (Å²) in [5.74, 6) is 2.05. The Hall–Kier alpha value is -0.940. The summed E-state index contributed by atoms with van der Waals surface area (Å²) in [6.07, 6.45) is 5.89. The van der Waals surface area contributed by atoms with Crippen LogP contribution < -0.4 is 5.73 Å². The Morgan fingerprint density at radius 3 is 2.67 bits per heavy atom. The number of hydrogen-bond donors (Lipinski definition) is 1. The van der Waals surface area contributed by atoms with E-state index in [1.165, 1.54) is 25.7 Å². The molecule has 0 radical (unpaired) electrons. The van der Waals surface area contributed by atoms with Crippen molar-refractivity contribution in [2.75, 3.05) is 13.6 Å². The standard InChI is InChI=1S/C13H24N4O/c1-3-12-15-16-13(18-12)9-17(2)11-7-5-4-6-10(11)8-14/h10-11H,3-9,14H2,1-2H3. The van der Waals surface area contributed by atoms with E-state index in [0.29, 0.717) is 12.0 Å². The van der Waals surface area contributed by atoms with Gasteiger partial charge in [0.05, 0.1) is 6.54 Å². The molecule has 1 heterocycles. The summed E-state index contributed by atoms with van der Waals surface area (Å²) < 4.78 is 5.57. The highest BCUT2D eigenvalue weighted by atomic mass is 16.4. The van der Waals surface area contributed by atoms with Gasteiger partial charge in [0.1, 0.15) is 0 Å². The first-order valence-electron chi connectivity index (χ1n) is 6.96. The van der Waals surface area contributed by atoms with Crippen molar-refractivity contribution in [2.24, 2.45) is 11.7 Å². The zero-order valence-corrected chi connectivity index (χ0v) is 11.4. The normalized spacial score (nSPS) is 24.7. The highest BCUT2D eigenvalue weighted by molar-refractivity contribution is 4.86. The molecule has 0 amide bonds. The molecule has 0 aliphatic heterocycles. The maximum Gasteiger partial charge on any atom is 0.230 e. The molecule has 2 atom stereocenters. The van der Waals surface area contributed by atoms with Crippen molar-refractivity contribution in [1.29, 1.82) is 0 Å². The Bertz CT molecular complexity index is 366. The molecule has 1 saturated carbocycles. The first-order valence-corrected chi connectivity index (χ1v) is 6.96. The number of hydrogen-bond acceptors (Lipinski definition) is 5. The molecule has 1 fully saturated rings. The number of rotatable bonds is 5. The molecule has 102 valence electrons. The summed E-state index contributed by atoms with van der Waals surface area (Å²) in [5, 5.41) is 8.09. The maximum atomic E-state index is 5.87. The third-order valence-electron chi connectivity index (χ3n) is 3.93. The molecule has 0 bridgehead atoms. The summed E-state index contributed by atoms with van der Waals surface area (Å²) >= 11 is 0. The van der Waals surface area contributed by atoms with Crippen molar-refractivity contribution < 1.29 is 4.42 Å². The third kappa shape index (κ3) is 3.09. The second-order valence-electron chi connectivity index (χ2n) is 5.21. The number of aryl methyl sites for hydroxylation is 1. The fourth-order valence-corrected chi connectivity index (χ4v) is 2.87. The van der Waals surface area contributed by atoms with Crippen LogP contribution >= 0.6 is 0 Å². The predicted molar refractivity (Wildman–Crippen MR) is 69.9 cm³/mol. The lowest BCUT2D eigenvalue weighted by molar-refractivity contribution is 0.118. The Morgan fingerprint density at radius 1 is 1.28 bits per heavy atom. The van der Waals surface area contributed by atoms with E-state index in [4.69, 9.17) is 10.2 Å². The molecule has 1 aromatic rings. The molecule has 5 heteroatoms. The summed E-state index contributed by atoms with van der Waals surface area (Å²) in [6.45, 7) is 3.53. The lowest BCUT2D eigenvalue weighted by Gasteiger charge is -2.36. The van der Waals surface area contributed by atoms with Crippen LogP contribution in [0.3, 0.4) is 0 Å². The molecule has 0 spiro atoms. The highest BCUT2D eigenvalue weighted by Crippen LogP contribution is 2.27. The average Bonchev–Trinajstić information content (AvgIpc) is 2.86. The van der Waals surface area contributed by atoms with E-state index in [0.717, 1.165) is 31.3 Å². The minimum atomic E-state index is 0.556. The predicted octanol–water partition coefficient (Wildman–Crippen LogP) is 1.58. The van der Waals surface area contributed by atoms with Gasteiger partial charge in [0.2, 0.25) is 11.8 Å². The van der Waals surface area contributed by atoms with Crippen LogP contribution in [-0.2, 0) is 13.0 Å². The average molecular weight is 252 g/mol. The topological polar surface area (TPSA) is 68.2 Å². The van der Waals surface area contributed by atoms with Crippen LogP contribution in [0.1, 0.15) is 44.4 Å². The number of nitrogens with zero attached hydrogens (tertiary/aromatic N) is 3. The fraction of sp³-hybridized carbons (Fsp3) is 0.846. The Balaban J connectivity index is 1.95. The molecule has 2 unspecified atom stereocenters. The van der Waals surface area contributed by atoms with Crippen LogP contribution in [-0.4, -0.2) is 34.7 Å². The first kappa shape index (κ1) is 13.5. The van der Waals surface area contributed by atoms with Gasteiger partial charge in [-0.15, -0.1) is 10.2 Å². The van der Waals surface area contributed by atoms with Crippen molar-refractivity contribution in [3.05, 3.63) is 11.8 Å². The van der Waals surface area contributed by atoms with Gasteiger partial charge in [-0.2, -0.15) is 0 Å². The summed E-state index contributed by atoms with van der Waals surface area (Å²) in [5.41, 5.74) is 5.87. The third-order valence-corrected chi connectivity index (χ3v) is 3.93. The van der Waals surface area contributed by atoms with Crippen LogP contribution in [0.5, 0.6) is 0 Å². The first-order chi connectivity index (χ1) is 8.74. The summed E-state index contributed by atoms with van der Waals surface area (Å²) in [7, 11) is 2.13. The molecule has 1 aromatic heterocycles. The van der Waals surface area contributed by atoms with E-state index >= 15 is 0 Å². The second-order valence-corrected chi connectivity index (χ2v) is 5.21. The number of nitrogens with two attached hydrogens (primary N) is 1. The van der Waals surface area contributed by atoms with Gasteiger partial charge in [-0.25, -0.2) is 0 Å². The fourth-order valence-electron chi connectivity index (χ4n) is 2.87. The van der Waals surface area contributed by atoms with Crippen LogP contribution in [0, 0.1) is 5.92 Å². The van der Waals surface area contributed by atoms with Crippen LogP contribution in [0.25, 0.3) is 0 Å². The molecule has 5 nitrogen and oxygen atoms in total. The lowest BCUT2D eigenvalue weighted by atomic mass is 9.84. The molecular weight excluding hydrogens is 228 g/mol. The van der Waals surface area contributed by atoms with Gasteiger partial charge in [0, 0.05) is 12.5 Å². The van der Waals surface area contributed by atoms with Crippen LogP contribution in [0.2, 0.25) is 0 Å². The zero-order valence-electron chi connectivity index (χ0n) is 11.4. The minimum absolute atomic E-state index is 0.556. The summed E-state index contributed by atoms with van der Waals surface area (Å²) in [6, 6.07) is 0.556. The monoisotopic (exact) mass is 252 g/mol. The SMILES string of the molecule is CCc1nnc(CN(C)C2CCCCC2CN)o1. The van der Waals surface area contributed by atoms with Crippen molar-refractivity contribution in [3.63, 3.8) is 0 Å². The quantitative estimate of drug-likeness (QED) is 0.861. The zero-order chi connectivity index (χ0) is 13.0. The van der Waals surface area contributed by atoms with Crippen molar-refractivity contribution >= 4 is 0 Å². The Morgan fingerprint density at radius 2 is 2.00 bits per heavy atom. The van der Waals surface area contributed by atoms with Crippen LogP contribution in [0.15, 0.2) is 4.42 Å². The van der Waals surface area contributed by atoms with Gasteiger partial charge in [-0.3, -0.25) is 4.90 Å². The highest BCUT2D eigenvalue weighted by Gasteiger charge is 2.28. The largest absolute Gasteiger partial charge is 0.424 e. The lowest BCUT2D eigenvalue weighted by Crippen LogP contribution is -2.42.